The van der Waals surface area contributed by atoms with Crippen molar-refractivity contribution in [2.45, 2.75) is 39.5 Å². The van der Waals surface area contributed by atoms with Gasteiger partial charge in [0.05, 0.1) is 5.69 Å². The Bertz CT molecular complexity index is 972. The van der Waals surface area contributed by atoms with E-state index >= 15 is 0 Å². The van der Waals surface area contributed by atoms with Crippen molar-refractivity contribution >= 4 is 5.91 Å². The number of hydrogen-bond acceptors (Lipinski definition) is 3. The van der Waals surface area contributed by atoms with Gasteiger partial charge < -0.3 is 4.90 Å². The lowest BCUT2D eigenvalue weighted by atomic mass is 9.99. The number of hydrogen-bond donors (Lipinski definition) is 0. The molecule has 1 saturated heterocycles. The summed E-state index contributed by atoms with van der Waals surface area (Å²) in [6.07, 6.45) is 3.69. The topological polar surface area (TPSA) is 51.0 Å². The highest BCUT2D eigenvalue weighted by Gasteiger charge is 2.26. The molecule has 0 saturated carbocycles. The zero-order chi connectivity index (χ0) is 20.2. The van der Waals surface area contributed by atoms with Gasteiger partial charge in [0.25, 0.3) is 5.91 Å². The number of carbonyl (C=O) groups excluding carboxylic acids is 1. The fourth-order valence-corrected chi connectivity index (χ4v) is 3.84. The lowest BCUT2D eigenvalue weighted by Gasteiger charge is -2.29. The number of para-hydroxylation sites is 1. The Morgan fingerprint density at radius 1 is 1.00 bits per heavy atom. The molecule has 5 nitrogen and oxygen atoms in total. The molecule has 0 bridgehead atoms. The minimum Gasteiger partial charge on any atom is -0.336 e. The number of amides is 1. The summed E-state index contributed by atoms with van der Waals surface area (Å²) in [5.41, 5.74) is 3.35. The first-order valence-corrected chi connectivity index (χ1v) is 10.5. The van der Waals surface area contributed by atoms with Crippen LogP contribution in [0.2, 0.25) is 0 Å². The zero-order valence-corrected chi connectivity index (χ0v) is 17.2. The fraction of sp³-hybridized carbons (Fsp3) is 0.375. The number of piperidine rings is 1. The molecule has 29 heavy (non-hydrogen) atoms. The first kappa shape index (κ1) is 19.4. The van der Waals surface area contributed by atoms with Gasteiger partial charge in [-0.05, 0) is 49.3 Å². The van der Waals surface area contributed by atoms with E-state index in [1.165, 1.54) is 5.56 Å². The molecule has 1 aliphatic heterocycles. The molecule has 2 heterocycles. The second-order valence-electron chi connectivity index (χ2n) is 8.01. The fourth-order valence-electron chi connectivity index (χ4n) is 3.84. The van der Waals surface area contributed by atoms with Gasteiger partial charge in [0, 0.05) is 19.5 Å². The molecular weight excluding hydrogens is 360 g/mol. The molecule has 150 valence electrons. The molecule has 0 atom stereocenters. The van der Waals surface area contributed by atoms with Crippen LogP contribution in [0, 0.1) is 12.8 Å². The third kappa shape index (κ3) is 4.39. The molecule has 3 aromatic rings. The standard InChI is InChI=1S/C24H28N4O/c1-18-14-16-27(17-15-18)24(29)23-25-22(13-12-20-9-4-3-5-10-20)28(26-23)21-11-7-6-8-19(21)2/h3-11,18H,12-17H2,1-2H3. The van der Waals surface area contributed by atoms with Gasteiger partial charge in [-0.3, -0.25) is 4.79 Å². The highest BCUT2D eigenvalue weighted by atomic mass is 16.2. The minimum absolute atomic E-state index is 0.0507. The third-order valence-electron chi connectivity index (χ3n) is 5.76. The van der Waals surface area contributed by atoms with Crippen molar-refractivity contribution < 1.29 is 4.79 Å². The van der Waals surface area contributed by atoms with Gasteiger partial charge in [0.15, 0.2) is 0 Å². The molecule has 1 amide bonds. The van der Waals surface area contributed by atoms with Gasteiger partial charge in [-0.25, -0.2) is 9.67 Å². The summed E-state index contributed by atoms with van der Waals surface area (Å²) in [7, 11) is 0. The van der Waals surface area contributed by atoms with E-state index in [-0.39, 0.29) is 5.91 Å². The highest BCUT2D eigenvalue weighted by Crippen LogP contribution is 2.20. The molecule has 1 aromatic heterocycles. The minimum atomic E-state index is -0.0507. The quantitative estimate of drug-likeness (QED) is 0.657. The average molecular weight is 389 g/mol. The van der Waals surface area contributed by atoms with Crippen LogP contribution >= 0.6 is 0 Å². The maximum absolute atomic E-state index is 13.1. The monoisotopic (exact) mass is 388 g/mol. The highest BCUT2D eigenvalue weighted by molar-refractivity contribution is 5.90. The molecule has 2 aromatic carbocycles. The maximum atomic E-state index is 13.1. The molecule has 0 unspecified atom stereocenters. The second kappa shape index (κ2) is 8.60. The van der Waals surface area contributed by atoms with Crippen molar-refractivity contribution in [3.05, 3.63) is 77.4 Å². The smallest absolute Gasteiger partial charge is 0.293 e. The summed E-state index contributed by atoms with van der Waals surface area (Å²) in [6, 6.07) is 18.5. The first-order valence-electron chi connectivity index (χ1n) is 10.5. The molecule has 0 N–H and O–H groups in total. The molecule has 4 rings (SSSR count). The third-order valence-corrected chi connectivity index (χ3v) is 5.76. The van der Waals surface area contributed by atoms with Gasteiger partial charge in [-0.15, -0.1) is 5.10 Å². The van der Waals surface area contributed by atoms with Gasteiger partial charge in [-0.1, -0.05) is 55.5 Å². The van der Waals surface area contributed by atoms with E-state index in [9.17, 15) is 4.79 Å². The van der Waals surface area contributed by atoms with Crippen LogP contribution in [0.5, 0.6) is 0 Å². The Balaban J connectivity index is 1.63. The van der Waals surface area contributed by atoms with Crippen molar-refractivity contribution in [2.75, 3.05) is 13.1 Å². The molecule has 0 spiro atoms. The van der Waals surface area contributed by atoms with Crippen molar-refractivity contribution in [1.82, 2.24) is 19.7 Å². The number of benzene rings is 2. The van der Waals surface area contributed by atoms with E-state index in [1.54, 1.807) is 0 Å². The van der Waals surface area contributed by atoms with Crippen LogP contribution in [0.15, 0.2) is 54.6 Å². The number of rotatable bonds is 5. The SMILES string of the molecule is Cc1ccccc1-n1nc(C(=O)N2CCC(C)CC2)nc1CCc1ccccc1. The van der Waals surface area contributed by atoms with E-state index in [1.807, 2.05) is 46.0 Å². The van der Waals surface area contributed by atoms with Crippen molar-refractivity contribution in [1.29, 1.82) is 0 Å². The summed E-state index contributed by atoms with van der Waals surface area (Å²) >= 11 is 0. The molecule has 1 aliphatic rings. The summed E-state index contributed by atoms with van der Waals surface area (Å²) in [6.45, 7) is 5.89. The predicted molar refractivity (Wildman–Crippen MR) is 114 cm³/mol. The van der Waals surface area contributed by atoms with Crippen LogP contribution in [0.3, 0.4) is 0 Å². The largest absolute Gasteiger partial charge is 0.336 e. The summed E-state index contributed by atoms with van der Waals surface area (Å²) in [4.78, 5) is 19.6. The molecule has 0 radical (unpaired) electrons. The predicted octanol–water partition coefficient (Wildman–Crippen LogP) is 4.23. The first-order chi connectivity index (χ1) is 14.1. The van der Waals surface area contributed by atoms with Crippen molar-refractivity contribution in [2.24, 2.45) is 5.92 Å². The normalized spacial score (nSPS) is 14.9. The van der Waals surface area contributed by atoms with E-state index in [2.05, 4.69) is 37.1 Å². The van der Waals surface area contributed by atoms with E-state index in [0.29, 0.717) is 11.7 Å². The molecular formula is C24H28N4O. The van der Waals surface area contributed by atoms with Crippen LogP contribution in [-0.4, -0.2) is 38.7 Å². The van der Waals surface area contributed by atoms with Gasteiger partial charge in [0.1, 0.15) is 5.82 Å². The van der Waals surface area contributed by atoms with Crippen molar-refractivity contribution in [3.63, 3.8) is 0 Å². The number of carbonyl (C=O) groups is 1. The number of aromatic nitrogens is 3. The Morgan fingerprint density at radius 2 is 1.69 bits per heavy atom. The summed E-state index contributed by atoms with van der Waals surface area (Å²) in [5.74, 6) is 1.77. The lowest BCUT2D eigenvalue weighted by Crippen LogP contribution is -2.38. The molecule has 0 aliphatic carbocycles. The van der Waals surface area contributed by atoms with E-state index < -0.39 is 0 Å². The number of likely N-dealkylation sites (tertiary alicyclic amines) is 1. The van der Waals surface area contributed by atoms with Crippen LogP contribution < -0.4 is 0 Å². The van der Waals surface area contributed by atoms with Crippen LogP contribution in [-0.2, 0) is 12.8 Å². The van der Waals surface area contributed by atoms with Gasteiger partial charge in [0.2, 0.25) is 5.82 Å². The Kier molecular flexibility index (Phi) is 5.74. The lowest BCUT2D eigenvalue weighted by molar-refractivity contribution is 0.0685. The van der Waals surface area contributed by atoms with Crippen LogP contribution in [0.1, 0.15) is 47.3 Å². The van der Waals surface area contributed by atoms with Gasteiger partial charge in [-0.2, -0.15) is 0 Å². The van der Waals surface area contributed by atoms with E-state index in [4.69, 9.17) is 4.98 Å². The molecule has 5 heteroatoms. The van der Waals surface area contributed by atoms with Crippen LogP contribution in [0.25, 0.3) is 5.69 Å². The van der Waals surface area contributed by atoms with Crippen molar-refractivity contribution in [3.8, 4) is 5.69 Å². The maximum Gasteiger partial charge on any atom is 0.293 e. The Labute approximate surface area is 172 Å². The summed E-state index contributed by atoms with van der Waals surface area (Å²) in [5, 5.41) is 4.66. The van der Waals surface area contributed by atoms with Gasteiger partial charge >= 0.3 is 0 Å². The zero-order valence-electron chi connectivity index (χ0n) is 17.2. The second-order valence-corrected chi connectivity index (χ2v) is 8.01. The number of nitrogens with zero attached hydrogens (tertiary/aromatic N) is 4. The Morgan fingerprint density at radius 3 is 2.41 bits per heavy atom. The van der Waals surface area contributed by atoms with E-state index in [0.717, 1.165) is 55.8 Å². The summed E-state index contributed by atoms with van der Waals surface area (Å²) < 4.78 is 1.86. The number of aryl methyl sites for hydroxylation is 3. The molecule has 1 fully saturated rings. The average Bonchev–Trinajstić information content (AvgIpc) is 3.17. The van der Waals surface area contributed by atoms with Crippen LogP contribution in [0.4, 0.5) is 0 Å². The Hall–Kier alpha value is -2.95.